The number of hydrogen-bond donors (Lipinski definition) is 1. The summed E-state index contributed by atoms with van der Waals surface area (Å²) in [6.07, 6.45) is -20.2. The van der Waals surface area contributed by atoms with Crippen molar-refractivity contribution in [3.05, 3.63) is 68.8 Å². The third-order valence-electron chi connectivity index (χ3n) is 4.35. The van der Waals surface area contributed by atoms with Crippen LogP contribution in [-0.4, -0.2) is 16.3 Å². The van der Waals surface area contributed by atoms with E-state index in [4.69, 9.17) is 16.7 Å². The highest BCUT2D eigenvalue weighted by molar-refractivity contribution is 6.68. The van der Waals surface area contributed by atoms with Crippen molar-refractivity contribution in [1.29, 1.82) is 0 Å². The highest BCUT2D eigenvalue weighted by Gasteiger charge is 2.41. The van der Waals surface area contributed by atoms with E-state index < -0.39 is 80.4 Å². The zero-order valence-electron chi connectivity index (χ0n) is 17.5. The van der Waals surface area contributed by atoms with Gasteiger partial charge < -0.3 is 5.11 Å². The van der Waals surface area contributed by atoms with Crippen molar-refractivity contribution in [3.63, 3.8) is 0 Å². The monoisotopic (exact) mass is 562 g/mol. The lowest BCUT2D eigenvalue weighted by atomic mass is 9.97. The van der Waals surface area contributed by atoms with Crippen LogP contribution in [0.2, 0.25) is 0 Å². The van der Waals surface area contributed by atoms with Gasteiger partial charge in [-0.05, 0) is 60.8 Å². The van der Waals surface area contributed by atoms with Crippen molar-refractivity contribution in [2.45, 2.75) is 38.6 Å². The van der Waals surface area contributed by atoms with E-state index in [1.54, 1.807) is 0 Å². The predicted molar refractivity (Wildman–Crippen MR) is 99.5 cm³/mol. The van der Waals surface area contributed by atoms with E-state index in [9.17, 15) is 62.3 Å². The second kappa shape index (κ2) is 10.2. The Morgan fingerprint density at radius 1 is 0.611 bits per heavy atom. The maximum absolute atomic E-state index is 12.6. The standard InChI is InChI=1S/C10H5ClF6O.C10H6F6O2/c1-4-2-5(9(12,13)14)3-6(10(15,16)17)7(4)8(11)18;1-4-2-5(9(11,12)13)3-6(10(14,15)16)7(4)8(17)18/h2-3H,1H3;2-3H,1H3,(H,17,18). The summed E-state index contributed by atoms with van der Waals surface area (Å²) in [5.41, 5.74) is -9.70. The Morgan fingerprint density at radius 2 is 0.917 bits per heavy atom. The fourth-order valence-electron chi connectivity index (χ4n) is 2.89. The maximum atomic E-state index is 12.6. The molecule has 0 radical (unpaired) electrons. The van der Waals surface area contributed by atoms with Gasteiger partial charge in [-0.3, -0.25) is 4.79 Å². The molecule has 200 valence electrons. The molecule has 16 heteroatoms. The Kier molecular flexibility index (Phi) is 8.79. The topological polar surface area (TPSA) is 54.4 Å². The second-order valence-corrected chi connectivity index (χ2v) is 7.34. The smallest absolute Gasteiger partial charge is 0.417 e. The Bertz CT molecular complexity index is 1070. The predicted octanol–water partition coefficient (Wildman–Crippen LogP) is 8.14. The van der Waals surface area contributed by atoms with E-state index in [1.807, 2.05) is 0 Å². The highest BCUT2D eigenvalue weighted by Crippen LogP contribution is 2.40. The summed E-state index contributed by atoms with van der Waals surface area (Å²) in [7, 11) is 0. The number of hydrogen-bond acceptors (Lipinski definition) is 2. The third kappa shape index (κ3) is 7.51. The molecule has 0 unspecified atom stereocenters. The van der Waals surface area contributed by atoms with Crippen molar-refractivity contribution in [2.24, 2.45) is 0 Å². The van der Waals surface area contributed by atoms with Crippen LogP contribution in [0.3, 0.4) is 0 Å². The maximum Gasteiger partial charge on any atom is 0.417 e. The minimum atomic E-state index is -5.17. The SMILES string of the molecule is Cc1cc(C(F)(F)F)cc(C(F)(F)F)c1C(=O)Cl.Cc1cc(C(F)(F)F)cc(C(F)(F)F)c1C(=O)O. The summed E-state index contributed by atoms with van der Waals surface area (Å²) in [6, 6.07) is 0.503. The number of carbonyl (C=O) groups excluding carboxylic acids is 1. The lowest BCUT2D eigenvalue weighted by Crippen LogP contribution is -2.17. The molecule has 0 amide bonds. The Hall–Kier alpha value is -2.97. The van der Waals surface area contributed by atoms with Crippen LogP contribution >= 0.6 is 11.6 Å². The first-order valence-corrected chi connectivity index (χ1v) is 9.28. The van der Waals surface area contributed by atoms with E-state index >= 15 is 0 Å². The molecule has 0 heterocycles. The van der Waals surface area contributed by atoms with E-state index in [0.29, 0.717) is 12.1 Å². The van der Waals surface area contributed by atoms with E-state index in [-0.39, 0.29) is 12.1 Å². The fraction of sp³-hybridized carbons (Fsp3) is 0.300. The molecule has 0 aromatic heterocycles. The molecule has 0 fully saturated rings. The zero-order chi connectivity index (χ0) is 28.6. The molecule has 2 aromatic carbocycles. The van der Waals surface area contributed by atoms with Gasteiger partial charge in [-0.25, -0.2) is 4.79 Å². The molecule has 2 aromatic rings. The largest absolute Gasteiger partial charge is 0.478 e. The van der Waals surface area contributed by atoms with Gasteiger partial charge in [0.25, 0.3) is 5.24 Å². The summed E-state index contributed by atoms with van der Waals surface area (Å²) in [5, 5.41) is 7.17. The van der Waals surface area contributed by atoms with Gasteiger partial charge in [0.05, 0.1) is 27.8 Å². The highest BCUT2D eigenvalue weighted by atomic mass is 35.5. The normalized spacial score (nSPS) is 12.6. The van der Waals surface area contributed by atoms with E-state index in [0.717, 1.165) is 13.8 Å². The van der Waals surface area contributed by atoms with Crippen molar-refractivity contribution in [1.82, 2.24) is 0 Å². The number of rotatable bonds is 2. The third-order valence-corrected chi connectivity index (χ3v) is 4.54. The van der Waals surface area contributed by atoms with E-state index in [2.05, 4.69) is 0 Å². The first-order chi connectivity index (χ1) is 15.9. The van der Waals surface area contributed by atoms with Crippen LogP contribution in [0.1, 0.15) is 54.1 Å². The number of alkyl halides is 12. The lowest BCUT2D eigenvalue weighted by Gasteiger charge is -2.16. The number of carboxylic acids is 1. The zero-order valence-corrected chi connectivity index (χ0v) is 18.2. The summed E-state index contributed by atoms with van der Waals surface area (Å²) in [5.74, 6) is -1.92. The van der Waals surface area contributed by atoms with E-state index in [1.165, 1.54) is 0 Å². The molecule has 0 aliphatic carbocycles. The summed E-state index contributed by atoms with van der Waals surface area (Å²) in [4.78, 5) is 21.5. The Balaban J connectivity index is 0.000000360. The molecule has 0 saturated carbocycles. The van der Waals surface area contributed by atoms with Gasteiger partial charge in [0.15, 0.2) is 0 Å². The van der Waals surface area contributed by atoms with Crippen LogP contribution in [0.5, 0.6) is 0 Å². The number of aryl methyl sites for hydroxylation is 2. The molecule has 0 aliphatic rings. The van der Waals surface area contributed by atoms with Gasteiger partial charge in [0.1, 0.15) is 0 Å². The minimum Gasteiger partial charge on any atom is -0.478 e. The fourth-order valence-corrected chi connectivity index (χ4v) is 3.14. The molecule has 0 spiro atoms. The first-order valence-electron chi connectivity index (χ1n) is 8.90. The number of carboxylic acid groups (broad SMARTS) is 1. The Labute approximate surface area is 198 Å². The van der Waals surface area contributed by atoms with Crippen LogP contribution in [0.25, 0.3) is 0 Å². The molecule has 0 aliphatic heterocycles. The molecule has 1 N–H and O–H groups in total. The number of benzene rings is 2. The molecule has 2 rings (SSSR count). The average molecular weight is 563 g/mol. The van der Waals surface area contributed by atoms with Gasteiger partial charge >= 0.3 is 30.7 Å². The Morgan fingerprint density at radius 3 is 1.17 bits per heavy atom. The van der Waals surface area contributed by atoms with Crippen molar-refractivity contribution < 1.29 is 67.4 Å². The summed E-state index contributed by atoms with van der Waals surface area (Å²) in [6.45, 7) is 1.84. The van der Waals surface area contributed by atoms with Crippen LogP contribution in [-0.2, 0) is 24.7 Å². The van der Waals surface area contributed by atoms with Gasteiger partial charge in [-0.1, -0.05) is 0 Å². The number of carbonyl (C=O) groups is 2. The van der Waals surface area contributed by atoms with Gasteiger partial charge in [0.2, 0.25) is 0 Å². The summed E-state index contributed by atoms with van der Waals surface area (Å²) >= 11 is 4.97. The quantitative estimate of drug-likeness (QED) is 0.297. The molecular formula is C20H11ClF12O3. The average Bonchev–Trinajstić information content (AvgIpc) is 2.63. The number of aromatic carboxylic acids is 1. The number of halogens is 13. The van der Waals surface area contributed by atoms with Crippen LogP contribution in [0.4, 0.5) is 52.7 Å². The van der Waals surface area contributed by atoms with Crippen molar-refractivity contribution in [2.75, 3.05) is 0 Å². The molecule has 0 saturated heterocycles. The molecule has 3 nitrogen and oxygen atoms in total. The summed E-state index contributed by atoms with van der Waals surface area (Å²) < 4.78 is 150. The van der Waals surface area contributed by atoms with Gasteiger partial charge in [-0.15, -0.1) is 0 Å². The van der Waals surface area contributed by atoms with Crippen LogP contribution in [0, 0.1) is 13.8 Å². The van der Waals surface area contributed by atoms with Gasteiger partial charge in [0, 0.05) is 5.56 Å². The van der Waals surface area contributed by atoms with Crippen LogP contribution < -0.4 is 0 Å². The molecular weight excluding hydrogens is 552 g/mol. The second-order valence-electron chi connectivity index (χ2n) is 7.00. The van der Waals surface area contributed by atoms with Crippen molar-refractivity contribution >= 4 is 22.8 Å². The first kappa shape index (κ1) is 31.1. The van der Waals surface area contributed by atoms with Gasteiger partial charge in [-0.2, -0.15) is 52.7 Å². The molecule has 0 atom stereocenters. The lowest BCUT2D eigenvalue weighted by molar-refractivity contribution is -0.145. The minimum absolute atomic E-state index is 0.122. The van der Waals surface area contributed by atoms with Crippen LogP contribution in [0.15, 0.2) is 24.3 Å². The molecule has 36 heavy (non-hydrogen) atoms. The van der Waals surface area contributed by atoms with Crippen molar-refractivity contribution in [3.8, 4) is 0 Å². The molecule has 0 bridgehead atoms.